The van der Waals surface area contributed by atoms with Gasteiger partial charge in [0, 0.05) is 6.04 Å². The van der Waals surface area contributed by atoms with Crippen LogP contribution in [0.25, 0.3) is 10.8 Å². The Hall–Kier alpha value is -1.54. The van der Waals surface area contributed by atoms with Crippen molar-refractivity contribution in [2.24, 2.45) is 5.92 Å². The summed E-state index contributed by atoms with van der Waals surface area (Å²) in [7, 11) is 3.80. The number of likely N-dealkylation sites (N-methyl/N-ethyl adjacent to an activating group) is 1. The molecule has 0 aliphatic heterocycles. The molecule has 0 fully saturated rings. The lowest BCUT2D eigenvalue weighted by Gasteiger charge is -2.25. The van der Waals surface area contributed by atoms with Gasteiger partial charge < -0.3 is 10.1 Å². The highest BCUT2D eigenvalue weighted by Crippen LogP contribution is 2.26. The standard InChI is InChI=1S/C19H27NO/c1-5-14(6-2)19(20-3)12-16-9-7-8-15-10-11-17(21-4)13-18(15)16/h7-11,13-14,19-20H,5-6,12H2,1-4H3. The molecule has 0 amide bonds. The zero-order valence-corrected chi connectivity index (χ0v) is 13.6. The van der Waals surface area contributed by atoms with Gasteiger partial charge in [-0.05, 0) is 47.9 Å². The van der Waals surface area contributed by atoms with Crippen LogP contribution in [0.15, 0.2) is 36.4 Å². The molecule has 2 aromatic rings. The molecule has 0 saturated carbocycles. The number of hydrogen-bond donors (Lipinski definition) is 1. The topological polar surface area (TPSA) is 21.3 Å². The van der Waals surface area contributed by atoms with E-state index in [0.717, 1.165) is 18.1 Å². The van der Waals surface area contributed by atoms with Crippen molar-refractivity contribution in [3.05, 3.63) is 42.0 Å². The molecule has 2 aromatic carbocycles. The van der Waals surface area contributed by atoms with Gasteiger partial charge in [-0.2, -0.15) is 0 Å². The van der Waals surface area contributed by atoms with Crippen molar-refractivity contribution in [3.63, 3.8) is 0 Å². The quantitative estimate of drug-likeness (QED) is 0.813. The van der Waals surface area contributed by atoms with Crippen LogP contribution in [0.3, 0.4) is 0 Å². The first-order valence-electron chi connectivity index (χ1n) is 7.96. The summed E-state index contributed by atoms with van der Waals surface area (Å²) in [5.74, 6) is 1.65. The highest BCUT2D eigenvalue weighted by molar-refractivity contribution is 5.87. The monoisotopic (exact) mass is 285 g/mol. The summed E-state index contributed by atoms with van der Waals surface area (Å²) < 4.78 is 5.38. The molecule has 2 heteroatoms. The van der Waals surface area contributed by atoms with Crippen LogP contribution in [0, 0.1) is 5.92 Å². The van der Waals surface area contributed by atoms with Crippen LogP contribution >= 0.6 is 0 Å². The second-order valence-corrected chi connectivity index (χ2v) is 5.68. The number of methoxy groups -OCH3 is 1. The maximum atomic E-state index is 5.38. The van der Waals surface area contributed by atoms with Crippen LogP contribution in [0.2, 0.25) is 0 Å². The van der Waals surface area contributed by atoms with Gasteiger partial charge >= 0.3 is 0 Å². The fourth-order valence-corrected chi connectivity index (χ4v) is 3.22. The van der Waals surface area contributed by atoms with Crippen molar-refractivity contribution in [2.45, 2.75) is 39.2 Å². The fraction of sp³-hybridized carbons (Fsp3) is 0.474. The van der Waals surface area contributed by atoms with Crippen molar-refractivity contribution in [3.8, 4) is 5.75 Å². The Bertz CT molecular complexity index is 575. The second kappa shape index (κ2) is 7.46. The molecule has 1 N–H and O–H groups in total. The van der Waals surface area contributed by atoms with Crippen molar-refractivity contribution < 1.29 is 4.74 Å². The molecule has 0 bridgehead atoms. The number of ether oxygens (including phenoxy) is 1. The van der Waals surface area contributed by atoms with Gasteiger partial charge in [0.05, 0.1) is 7.11 Å². The Morgan fingerprint density at radius 2 is 1.86 bits per heavy atom. The van der Waals surface area contributed by atoms with E-state index in [-0.39, 0.29) is 0 Å². The summed E-state index contributed by atoms with van der Waals surface area (Å²) in [4.78, 5) is 0. The fourth-order valence-electron chi connectivity index (χ4n) is 3.22. The van der Waals surface area contributed by atoms with E-state index >= 15 is 0 Å². The molecule has 2 nitrogen and oxygen atoms in total. The van der Waals surface area contributed by atoms with E-state index in [1.165, 1.54) is 29.2 Å². The third-order valence-electron chi connectivity index (χ3n) is 4.61. The molecule has 2 rings (SSSR count). The third kappa shape index (κ3) is 3.56. The lowest BCUT2D eigenvalue weighted by atomic mass is 9.88. The average Bonchev–Trinajstić information content (AvgIpc) is 2.54. The molecule has 0 saturated heterocycles. The molecule has 0 aliphatic rings. The number of nitrogens with one attached hydrogen (secondary N) is 1. The lowest BCUT2D eigenvalue weighted by molar-refractivity contribution is 0.349. The largest absolute Gasteiger partial charge is 0.497 e. The Morgan fingerprint density at radius 1 is 1.10 bits per heavy atom. The summed E-state index contributed by atoms with van der Waals surface area (Å²) >= 11 is 0. The van der Waals surface area contributed by atoms with E-state index in [0.29, 0.717) is 6.04 Å². The summed E-state index contributed by atoms with van der Waals surface area (Å²) in [6.45, 7) is 4.56. The van der Waals surface area contributed by atoms with E-state index in [1.807, 2.05) is 6.07 Å². The Balaban J connectivity index is 2.36. The number of hydrogen-bond acceptors (Lipinski definition) is 2. The van der Waals surface area contributed by atoms with Crippen LogP contribution in [-0.2, 0) is 6.42 Å². The van der Waals surface area contributed by atoms with E-state index < -0.39 is 0 Å². The lowest BCUT2D eigenvalue weighted by Crippen LogP contribution is -2.35. The van der Waals surface area contributed by atoms with Gasteiger partial charge in [0.1, 0.15) is 5.75 Å². The van der Waals surface area contributed by atoms with E-state index in [9.17, 15) is 0 Å². The molecule has 21 heavy (non-hydrogen) atoms. The minimum absolute atomic E-state index is 0.525. The van der Waals surface area contributed by atoms with E-state index in [2.05, 4.69) is 56.5 Å². The van der Waals surface area contributed by atoms with Crippen LogP contribution in [0.1, 0.15) is 32.3 Å². The smallest absolute Gasteiger partial charge is 0.119 e. The molecule has 0 aliphatic carbocycles. The van der Waals surface area contributed by atoms with Crippen molar-refractivity contribution in [1.29, 1.82) is 0 Å². The minimum Gasteiger partial charge on any atom is -0.497 e. The first kappa shape index (κ1) is 15.8. The Kier molecular flexibility index (Phi) is 5.63. The molecule has 1 unspecified atom stereocenters. The SMILES string of the molecule is CCC(CC)C(Cc1cccc2ccc(OC)cc12)NC. The third-order valence-corrected chi connectivity index (χ3v) is 4.61. The highest BCUT2D eigenvalue weighted by Gasteiger charge is 2.18. The van der Waals surface area contributed by atoms with Crippen LogP contribution in [-0.4, -0.2) is 20.2 Å². The molecule has 0 spiro atoms. The summed E-state index contributed by atoms with van der Waals surface area (Å²) in [6.07, 6.45) is 3.50. The Labute approximate surface area is 128 Å². The zero-order valence-electron chi connectivity index (χ0n) is 13.6. The summed E-state index contributed by atoms with van der Waals surface area (Å²) in [6, 6.07) is 13.4. The van der Waals surface area contributed by atoms with Gasteiger partial charge in [-0.15, -0.1) is 0 Å². The predicted octanol–water partition coefficient (Wildman–Crippen LogP) is 4.42. The van der Waals surface area contributed by atoms with Gasteiger partial charge in [0.25, 0.3) is 0 Å². The molecule has 0 heterocycles. The molecular weight excluding hydrogens is 258 g/mol. The molecular formula is C19H27NO. The number of rotatable bonds is 7. The Morgan fingerprint density at radius 3 is 2.48 bits per heavy atom. The highest BCUT2D eigenvalue weighted by atomic mass is 16.5. The van der Waals surface area contributed by atoms with Gasteiger partial charge in [-0.1, -0.05) is 51.0 Å². The summed E-state index contributed by atoms with van der Waals surface area (Å²) in [5, 5.41) is 6.11. The van der Waals surface area contributed by atoms with Gasteiger partial charge in [-0.3, -0.25) is 0 Å². The maximum absolute atomic E-state index is 5.38. The van der Waals surface area contributed by atoms with Crippen LogP contribution in [0.5, 0.6) is 5.75 Å². The molecule has 1 atom stereocenters. The van der Waals surface area contributed by atoms with Crippen molar-refractivity contribution >= 4 is 10.8 Å². The summed E-state index contributed by atoms with van der Waals surface area (Å²) in [5.41, 5.74) is 1.40. The first-order chi connectivity index (χ1) is 10.2. The maximum Gasteiger partial charge on any atom is 0.119 e. The zero-order chi connectivity index (χ0) is 15.2. The second-order valence-electron chi connectivity index (χ2n) is 5.68. The van der Waals surface area contributed by atoms with Crippen molar-refractivity contribution in [1.82, 2.24) is 5.32 Å². The molecule has 0 aromatic heterocycles. The van der Waals surface area contributed by atoms with E-state index in [1.54, 1.807) is 7.11 Å². The first-order valence-corrected chi connectivity index (χ1v) is 7.96. The average molecular weight is 285 g/mol. The number of fused-ring (bicyclic) bond motifs is 1. The van der Waals surface area contributed by atoms with Gasteiger partial charge in [-0.25, -0.2) is 0 Å². The van der Waals surface area contributed by atoms with Crippen LogP contribution < -0.4 is 10.1 Å². The molecule has 0 radical (unpaired) electrons. The molecule has 114 valence electrons. The van der Waals surface area contributed by atoms with Gasteiger partial charge in [0.15, 0.2) is 0 Å². The van der Waals surface area contributed by atoms with Crippen molar-refractivity contribution in [2.75, 3.05) is 14.2 Å². The normalized spacial score (nSPS) is 12.8. The van der Waals surface area contributed by atoms with Gasteiger partial charge in [0.2, 0.25) is 0 Å². The minimum atomic E-state index is 0.525. The number of benzene rings is 2. The van der Waals surface area contributed by atoms with Crippen LogP contribution in [0.4, 0.5) is 0 Å². The predicted molar refractivity (Wildman–Crippen MR) is 91.1 cm³/mol. The van der Waals surface area contributed by atoms with E-state index in [4.69, 9.17) is 4.74 Å².